The van der Waals surface area contributed by atoms with Crippen molar-refractivity contribution in [2.45, 2.75) is 25.2 Å². The molecular weight excluding hydrogens is 424 g/mol. The van der Waals surface area contributed by atoms with E-state index in [1.165, 1.54) is 12.1 Å². The predicted octanol–water partition coefficient (Wildman–Crippen LogP) is 5.36. The van der Waals surface area contributed by atoms with E-state index in [1.807, 2.05) is 12.1 Å². The van der Waals surface area contributed by atoms with Gasteiger partial charge in [0, 0.05) is 10.9 Å². The number of primary amides is 1. The van der Waals surface area contributed by atoms with Crippen molar-refractivity contribution in [3.8, 4) is 21.6 Å². The van der Waals surface area contributed by atoms with Crippen molar-refractivity contribution in [3.63, 3.8) is 0 Å². The lowest BCUT2D eigenvalue weighted by molar-refractivity contribution is -0.384. The van der Waals surface area contributed by atoms with Crippen LogP contribution in [0.15, 0.2) is 48.5 Å². The molecule has 3 aromatic rings. The van der Waals surface area contributed by atoms with Gasteiger partial charge in [0.1, 0.15) is 5.78 Å². The van der Waals surface area contributed by atoms with Crippen LogP contribution in [0, 0.1) is 10.1 Å². The van der Waals surface area contributed by atoms with Gasteiger partial charge in [-0.25, -0.2) is 0 Å². The Balaban J connectivity index is 1.76. The first-order valence-electron chi connectivity index (χ1n) is 9.23. The summed E-state index contributed by atoms with van der Waals surface area (Å²) in [5.41, 5.74) is 7.73. The van der Waals surface area contributed by atoms with Crippen LogP contribution >= 0.6 is 22.9 Å². The summed E-state index contributed by atoms with van der Waals surface area (Å²) in [5, 5.41) is 11.8. The lowest BCUT2D eigenvalue weighted by Crippen LogP contribution is -2.16. The minimum Gasteiger partial charge on any atom is -0.366 e. The number of nitrogens with two attached hydrogens (primary N) is 1. The fourth-order valence-corrected chi connectivity index (χ4v) is 4.99. The van der Waals surface area contributed by atoms with E-state index in [0.717, 1.165) is 29.7 Å². The molecule has 1 amide bonds. The molecule has 2 N–H and O–H groups in total. The largest absolute Gasteiger partial charge is 0.366 e. The van der Waals surface area contributed by atoms with Crippen molar-refractivity contribution in [1.29, 1.82) is 0 Å². The molecule has 1 aromatic heterocycles. The molecule has 0 spiro atoms. The molecule has 0 unspecified atom stereocenters. The predicted molar refractivity (Wildman–Crippen MR) is 117 cm³/mol. The molecule has 152 valence electrons. The monoisotopic (exact) mass is 440 g/mol. The van der Waals surface area contributed by atoms with Crippen LogP contribution in [-0.4, -0.2) is 16.6 Å². The summed E-state index contributed by atoms with van der Waals surface area (Å²) in [7, 11) is 0. The molecule has 0 aliphatic heterocycles. The molecule has 0 atom stereocenters. The first-order chi connectivity index (χ1) is 14.2. The Kier molecular flexibility index (Phi) is 4.95. The molecule has 8 heteroatoms. The smallest absolute Gasteiger partial charge is 0.277 e. The van der Waals surface area contributed by atoms with E-state index < -0.39 is 16.2 Å². The number of ketones is 1. The number of rotatable bonds is 6. The van der Waals surface area contributed by atoms with E-state index in [-0.39, 0.29) is 17.0 Å². The number of nitrogens with zero attached hydrogens (tertiary/aromatic N) is 1. The first kappa shape index (κ1) is 20.3. The standard InChI is InChI=1S/C22H17ClN2O4S/c1-12(26)22(8-9-22)15-5-2-13(3-6-15)16-7-4-14(10-18(16)25(28)29)20-17(21(24)27)11-19(23)30-20/h2-7,10-11H,8-9H2,1H3,(H2,24,27). The number of hydrogen-bond donors (Lipinski definition) is 1. The van der Waals surface area contributed by atoms with Gasteiger partial charge < -0.3 is 5.73 Å². The third-order valence-electron chi connectivity index (χ3n) is 5.60. The number of amides is 1. The van der Waals surface area contributed by atoms with Crippen molar-refractivity contribution >= 4 is 40.3 Å². The summed E-state index contributed by atoms with van der Waals surface area (Å²) in [6.45, 7) is 1.60. The van der Waals surface area contributed by atoms with Crippen molar-refractivity contribution in [2.75, 3.05) is 0 Å². The van der Waals surface area contributed by atoms with Gasteiger partial charge in [-0.05, 0) is 48.6 Å². The van der Waals surface area contributed by atoms with E-state index >= 15 is 0 Å². The third-order valence-corrected chi connectivity index (χ3v) is 6.91. The Bertz CT molecular complexity index is 1200. The van der Waals surface area contributed by atoms with E-state index in [4.69, 9.17) is 17.3 Å². The van der Waals surface area contributed by atoms with Gasteiger partial charge in [-0.3, -0.25) is 19.7 Å². The summed E-state index contributed by atoms with van der Waals surface area (Å²) in [4.78, 5) is 35.5. The van der Waals surface area contributed by atoms with Crippen LogP contribution in [-0.2, 0) is 10.2 Å². The number of carbonyl (C=O) groups is 2. The Morgan fingerprint density at radius 1 is 1.10 bits per heavy atom. The van der Waals surface area contributed by atoms with Crippen molar-refractivity contribution < 1.29 is 14.5 Å². The lowest BCUT2D eigenvalue weighted by atomic mass is 9.90. The van der Waals surface area contributed by atoms with Crippen LogP contribution in [0.1, 0.15) is 35.7 Å². The molecular formula is C22H17ClN2O4S. The maximum atomic E-state index is 11.9. The fourth-order valence-electron chi connectivity index (χ4n) is 3.76. The quantitative estimate of drug-likeness (QED) is 0.411. The van der Waals surface area contributed by atoms with Gasteiger partial charge in [-0.2, -0.15) is 0 Å². The van der Waals surface area contributed by atoms with Crippen molar-refractivity contribution in [1.82, 2.24) is 0 Å². The summed E-state index contributed by atoms with van der Waals surface area (Å²) < 4.78 is 0.376. The summed E-state index contributed by atoms with van der Waals surface area (Å²) in [5.74, 6) is -0.500. The highest BCUT2D eigenvalue weighted by atomic mass is 35.5. The second kappa shape index (κ2) is 7.34. The third kappa shape index (κ3) is 3.40. The average molecular weight is 441 g/mol. The maximum absolute atomic E-state index is 11.9. The Hall–Kier alpha value is -3.03. The summed E-state index contributed by atoms with van der Waals surface area (Å²) in [6, 6.07) is 13.6. The number of hydrogen-bond acceptors (Lipinski definition) is 5. The number of benzene rings is 2. The Morgan fingerprint density at radius 2 is 1.73 bits per heavy atom. The fraction of sp³-hybridized carbons (Fsp3) is 0.182. The Labute approximate surface area is 181 Å². The topological polar surface area (TPSA) is 103 Å². The van der Waals surface area contributed by atoms with Crippen LogP contribution in [0.3, 0.4) is 0 Å². The number of nitro benzene ring substituents is 1. The molecule has 0 saturated heterocycles. The van der Waals surface area contributed by atoms with E-state index in [1.54, 1.807) is 31.2 Å². The van der Waals surface area contributed by atoms with Crippen LogP contribution < -0.4 is 5.73 Å². The van der Waals surface area contributed by atoms with Crippen molar-refractivity contribution in [3.05, 3.63) is 74.1 Å². The SMILES string of the molecule is CC(=O)C1(c2ccc(-c3ccc(-c4sc(Cl)cc4C(N)=O)cc3[N+](=O)[O-])cc2)CC1. The number of thiophene rings is 1. The zero-order valence-electron chi connectivity index (χ0n) is 16.0. The number of nitro groups is 1. The van der Waals surface area contributed by atoms with Crippen LogP contribution in [0.2, 0.25) is 4.34 Å². The molecule has 2 aromatic carbocycles. The summed E-state index contributed by atoms with van der Waals surface area (Å²) in [6.07, 6.45) is 1.67. The molecule has 0 bridgehead atoms. The molecule has 4 rings (SSSR count). The lowest BCUT2D eigenvalue weighted by Gasteiger charge is -2.13. The molecule has 0 radical (unpaired) electrons. The second-order valence-corrected chi connectivity index (χ2v) is 9.05. The van der Waals surface area contributed by atoms with E-state index in [2.05, 4.69) is 0 Å². The highest BCUT2D eigenvalue weighted by Gasteiger charge is 2.48. The zero-order valence-corrected chi connectivity index (χ0v) is 17.5. The van der Waals surface area contributed by atoms with Gasteiger partial charge in [0.2, 0.25) is 5.91 Å². The van der Waals surface area contributed by atoms with Gasteiger partial charge in [-0.15, -0.1) is 11.3 Å². The van der Waals surface area contributed by atoms with Crippen LogP contribution in [0.25, 0.3) is 21.6 Å². The zero-order chi connectivity index (χ0) is 21.6. The molecule has 6 nitrogen and oxygen atoms in total. The van der Waals surface area contributed by atoms with Crippen molar-refractivity contribution in [2.24, 2.45) is 5.73 Å². The second-order valence-electron chi connectivity index (χ2n) is 7.36. The highest BCUT2D eigenvalue weighted by molar-refractivity contribution is 7.19. The molecule has 1 fully saturated rings. The number of Topliss-reactive ketones (excluding diaryl/α,β-unsaturated/α-hetero) is 1. The van der Waals surface area contributed by atoms with Crippen LogP contribution in [0.4, 0.5) is 5.69 Å². The molecule has 1 aliphatic carbocycles. The van der Waals surface area contributed by atoms with E-state index in [0.29, 0.717) is 25.9 Å². The first-order valence-corrected chi connectivity index (χ1v) is 10.4. The average Bonchev–Trinajstić information content (AvgIpc) is 3.44. The van der Waals surface area contributed by atoms with Gasteiger partial charge in [-0.1, -0.05) is 41.9 Å². The number of halogens is 1. The number of carbonyl (C=O) groups excluding carboxylic acids is 2. The molecule has 1 aliphatic rings. The summed E-state index contributed by atoms with van der Waals surface area (Å²) >= 11 is 7.16. The van der Waals surface area contributed by atoms with Gasteiger partial charge in [0.25, 0.3) is 5.69 Å². The van der Waals surface area contributed by atoms with Gasteiger partial charge in [0.05, 0.1) is 25.8 Å². The minimum absolute atomic E-state index is 0.0899. The van der Waals surface area contributed by atoms with Gasteiger partial charge >= 0.3 is 0 Å². The maximum Gasteiger partial charge on any atom is 0.277 e. The van der Waals surface area contributed by atoms with E-state index in [9.17, 15) is 19.7 Å². The Morgan fingerprint density at radius 3 is 2.27 bits per heavy atom. The molecule has 1 saturated carbocycles. The van der Waals surface area contributed by atoms with Crippen LogP contribution in [0.5, 0.6) is 0 Å². The molecule has 30 heavy (non-hydrogen) atoms. The minimum atomic E-state index is -0.644. The molecule has 1 heterocycles. The highest BCUT2D eigenvalue weighted by Crippen LogP contribution is 2.49. The normalized spacial score (nSPS) is 14.3. The van der Waals surface area contributed by atoms with Gasteiger partial charge in [0.15, 0.2) is 0 Å².